The molecule has 2 aliphatic carbocycles. The number of nitrogens with zero attached hydrogens (tertiary/aromatic N) is 2. The molecule has 0 aliphatic heterocycles. The Bertz CT molecular complexity index is 588. The molecule has 102 valence electrons. The Morgan fingerprint density at radius 2 is 1.05 bits per heavy atom. The van der Waals surface area contributed by atoms with E-state index in [1.807, 2.05) is 12.4 Å². The molecule has 2 aromatic rings. The molecule has 2 heteroatoms. The Kier molecular flexibility index (Phi) is 3.02. The van der Waals surface area contributed by atoms with Crippen molar-refractivity contribution >= 4 is 0 Å². The van der Waals surface area contributed by atoms with Crippen LogP contribution in [0.25, 0.3) is 11.1 Å². The van der Waals surface area contributed by atoms with Crippen molar-refractivity contribution in [2.75, 3.05) is 0 Å². The van der Waals surface area contributed by atoms with Crippen LogP contribution in [0.3, 0.4) is 0 Å². The van der Waals surface area contributed by atoms with Crippen LogP contribution in [0.4, 0.5) is 0 Å². The smallest absolute Gasteiger partial charge is 0.0441 e. The molecule has 2 nitrogen and oxygen atoms in total. The van der Waals surface area contributed by atoms with Gasteiger partial charge in [-0.15, -0.1) is 0 Å². The van der Waals surface area contributed by atoms with Crippen molar-refractivity contribution in [2.45, 2.75) is 51.4 Å². The molecule has 0 N–H and O–H groups in total. The minimum atomic E-state index is 1.15. The van der Waals surface area contributed by atoms with E-state index in [0.717, 1.165) is 12.8 Å². The molecule has 0 aromatic carbocycles. The third kappa shape index (κ3) is 1.94. The Morgan fingerprint density at radius 3 is 1.55 bits per heavy atom. The molecule has 2 aromatic heterocycles. The van der Waals surface area contributed by atoms with E-state index in [0.29, 0.717) is 0 Å². The van der Waals surface area contributed by atoms with Crippen molar-refractivity contribution in [1.29, 1.82) is 0 Å². The van der Waals surface area contributed by atoms with Crippen LogP contribution < -0.4 is 0 Å². The first-order valence-electron chi connectivity index (χ1n) is 7.87. The van der Waals surface area contributed by atoms with Gasteiger partial charge in [-0.3, -0.25) is 9.97 Å². The highest BCUT2D eigenvalue weighted by Gasteiger charge is 2.20. The number of hydrogen-bond acceptors (Lipinski definition) is 2. The quantitative estimate of drug-likeness (QED) is 0.780. The van der Waals surface area contributed by atoms with Gasteiger partial charge >= 0.3 is 0 Å². The maximum Gasteiger partial charge on any atom is 0.0441 e. The first-order valence-corrected chi connectivity index (χ1v) is 7.87. The van der Waals surface area contributed by atoms with Gasteiger partial charge in [0.15, 0.2) is 0 Å². The molecule has 4 rings (SSSR count). The lowest BCUT2D eigenvalue weighted by atomic mass is 9.85. The predicted octanol–water partition coefficient (Wildman–Crippen LogP) is 3.90. The van der Waals surface area contributed by atoms with Crippen LogP contribution in [0, 0.1) is 0 Å². The highest BCUT2D eigenvalue weighted by Crippen LogP contribution is 2.35. The fourth-order valence-electron chi connectivity index (χ4n) is 3.75. The Hall–Kier alpha value is -1.70. The number of rotatable bonds is 1. The van der Waals surface area contributed by atoms with Crippen LogP contribution in [0.2, 0.25) is 0 Å². The second-order valence-corrected chi connectivity index (χ2v) is 5.98. The molecule has 0 fully saturated rings. The molecule has 0 atom stereocenters. The number of pyridine rings is 2. The standard InChI is InChI=1S/C18H20N2/c1-3-7-17-15(5-1)13(9-11-19-17)14-10-12-20-18-8-4-2-6-16(14)18/h9-12H,1-8H2. The summed E-state index contributed by atoms with van der Waals surface area (Å²) >= 11 is 0. The third-order valence-corrected chi connectivity index (χ3v) is 4.76. The molecule has 0 saturated carbocycles. The topological polar surface area (TPSA) is 25.8 Å². The summed E-state index contributed by atoms with van der Waals surface area (Å²) in [5.74, 6) is 0. The molecule has 0 radical (unpaired) electrons. The molecular weight excluding hydrogens is 244 g/mol. The number of hydrogen-bond donors (Lipinski definition) is 0. The van der Waals surface area contributed by atoms with Crippen LogP contribution in [-0.2, 0) is 25.7 Å². The van der Waals surface area contributed by atoms with E-state index in [4.69, 9.17) is 0 Å². The SMILES string of the molecule is c1cc(-c2ccnc3c2CCCC3)c2c(n1)CCCC2. The summed E-state index contributed by atoms with van der Waals surface area (Å²) < 4.78 is 0. The summed E-state index contributed by atoms with van der Waals surface area (Å²) in [6.45, 7) is 0. The zero-order chi connectivity index (χ0) is 13.4. The molecule has 2 heterocycles. The van der Waals surface area contributed by atoms with Gasteiger partial charge in [-0.25, -0.2) is 0 Å². The molecule has 20 heavy (non-hydrogen) atoms. The minimum absolute atomic E-state index is 1.15. The van der Waals surface area contributed by atoms with Gasteiger partial charge in [0.2, 0.25) is 0 Å². The van der Waals surface area contributed by atoms with Crippen LogP contribution in [0.5, 0.6) is 0 Å². The second-order valence-electron chi connectivity index (χ2n) is 5.98. The highest BCUT2D eigenvalue weighted by molar-refractivity contribution is 5.72. The van der Waals surface area contributed by atoms with E-state index >= 15 is 0 Å². The summed E-state index contributed by atoms with van der Waals surface area (Å²) in [6, 6.07) is 4.43. The lowest BCUT2D eigenvalue weighted by molar-refractivity contribution is 0.663. The van der Waals surface area contributed by atoms with Crippen LogP contribution in [-0.4, -0.2) is 9.97 Å². The van der Waals surface area contributed by atoms with Crippen molar-refractivity contribution < 1.29 is 0 Å². The van der Waals surface area contributed by atoms with Gasteiger partial charge in [0, 0.05) is 23.8 Å². The van der Waals surface area contributed by atoms with E-state index in [9.17, 15) is 0 Å². The summed E-state index contributed by atoms with van der Waals surface area (Å²) in [6.07, 6.45) is 13.9. The van der Waals surface area contributed by atoms with E-state index in [2.05, 4.69) is 22.1 Å². The number of aryl methyl sites for hydroxylation is 2. The lowest BCUT2D eigenvalue weighted by Gasteiger charge is -2.22. The van der Waals surface area contributed by atoms with Crippen molar-refractivity contribution in [3.8, 4) is 11.1 Å². The van der Waals surface area contributed by atoms with E-state index < -0.39 is 0 Å². The molecular formula is C18H20N2. The zero-order valence-corrected chi connectivity index (χ0v) is 11.9. The second kappa shape index (κ2) is 5.01. The fourth-order valence-corrected chi connectivity index (χ4v) is 3.75. The number of fused-ring (bicyclic) bond motifs is 2. The van der Waals surface area contributed by atoms with E-state index in [1.54, 1.807) is 0 Å². The minimum Gasteiger partial charge on any atom is -0.261 e. The predicted molar refractivity (Wildman–Crippen MR) is 80.8 cm³/mol. The van der Waals surface area contributed by atoms with Crippen LogP contribution in [0.1, 0.15) is 48.2 Å². The van der Waals surface area contributed by atoms with Gasteiger partial charge in [-0.1, -0.05) is 0 Å². The van der Waals surface area contributed by atoms with Crippen molar-refractivity contribution in [3.63, 3.8) is 0 Å². The van der Waals surface area contributed by atoms with Gasteiger partial charge in [-0.05, 0) is 85.8 Å². The Morgan fingerprint density at radius 1 is 0.600 bits per heavy atom. The fraction of sp³-hybridized carbons (Fsp3) is 0.444. The maximum atomic E-state index is 4.60. The Balaban J connectivity index is 1.90. The lowest BCUT2D eigenvalue weighted by Crippen LogP contribution is -2.10. The molecule has 0 saturated heterocycles. The largest absolute Gasteiger partial charge is 0.261 e. The van der Waals surface area contributed by atoms with E-state index in [1.165, 1.54) is 72.2 Å². The van der Waals surface area contributed by atoms with Crippen molar-refractivity contribution in [1.82, 2.24) is 9.97 Å². The summed E-state index contributed by atoms with van der Waals surface area (Å²) in [4.78, 5) is 9.20. The van der Waals surface area contributed by atoms with Crippen LogP contribution in [0.15, 0.2) is 24.5 Å². The number of aromatic nitrogens is 2. The zero-order valence-electron chi connectivity index (χ0n) is 11.9. The average molecular weight is 264 g/mol. The first-order chi connectivity index (χ1) is 9.93. The normalized spacial score (nSPS) is 17.4. The first kappa shape index (κ1) is 12.1. The van der Waals surface area contributed by atoms with Crippen molar-refractivity contribution in [2.24, 2.45) is 0 Å². The molecule has 2 aliphatic rings. The average Bonchev–Trinajstić information content (AvgIpc) is 2.54. The van der Waals surface area contributed by atoms with Gasteiger partial charge in [0.1, 0.15) is 0 Å². The third-order valence-electron chi connectivity index (χ3n) is 4.76. The molecule has 0 unspecified atom stereocenters. The molecule has 0 bridgehead atoms. The van der Waals surface area contributed by atoms with Gasteiger partial charge in [-0.2, -0.15) is 0 Å². The van der Waals surface area contributed by atoms with Crippen molar-refractivity contribution in [3.05, 3.63) is 47.0 Å². The van der Waals surface area contributed by atoms with Gasteiger partial charge in [0.05, 0.1) is 0 Å². The monoisotopic (exact) mass is 264 g/mol. The highest BCUT2D eigenvalue weighted by atomic mass is 14.7. The van der Waals surface area contributed by atoms with E-state index in [-0.39, 0.29) is 0 Å². The summed E-state index contributed by atoms with van der Waals surface area (Å²) in [7, 11) is 0. The van der Waals surface area contributed by atoms with Gasteiger partial charge in [0.25, 0.3) is 0 Å². The summed E-state index contributed by atoms with van der Waals surface area (Å²) in [5.41, 5.74) is 8.51. The molecule has 0 amide bonds. The maximum absolute atomic E-state index is 4.60. The van der Waals surface area contributed by atoms with Gasteiger partial charge < -0.3 is 0 Å². The van der Waals surface area contributed by atoms with Crippen LogP contribution >= 0.6 is 0 Å². The molecule has 0 spiro atoms. The Labute approximate surface area is 120 Å². The summed E-state index contributed by atoms with van der Waals surface area (Å²) in [5, 5.41) is 0.